The van der Waals surface area contributed by atoms with Crippen molar-refractivity contribution < 1.29 is 9.84 Å². The average molecular weight is 225 g/mol. The summed E-state index contributed by atoms with van der Waals surface area (Å²) in [7, 11) is 0. The highest BCUT2D eigenvalue weighted by atomic mass is 16.5. The summed E-state index contributed by atoms with van der Waals surface area (Å²) in [5.41, 5.74) is 5.06. The second-order valence-corrected chi connectivity index (χ2v) is 3.82. The summed E-state index contributed by atoms with van der Waals surface area (Å²) in [5.74, 6) is 0.221. The number of aliphatic hydroxyl groups is 1. The molecule has 1 fully saturated rings. The molecule has 0 radical (unpaired) electrons. The third-order valence-electron chi connectivity index (χ3n) is 2.80. The SMILES string of the molecule is Nc1ccn([C@H]2CCO[C@@H]2CCO)c(=O)n1. The topological polar surface area (TPSA) is 90.4 Å². The monoisotopic (exact) mass is 225 g/mol. The van der Waals surface area contributed by atoms with Crippen molar-refractivity contribution >= 4 is 5.82 Å². The Morgan fingerprint density at radius 2 is 2.50 bits per heavy atom. The van der Waals surface area contributed by atoms with Crippen molar-refractivity contribution in [2.75, 3.05) is 18.9 Å². The number of nitrogens with zero attached hydrogens (tertiary/aromatic N) is 2. The molecular formula is C10H15N3O3. The van der Waals surface area contributed by atoms with E-state index in [2.05, 4.69) is 4.98 Å². The molecule has 1 aromatic rings. The normalized spacial score (nSPS) is 24.8. The van der Waals surface area contributed by atoms with Gasteiger partial charge in [0.25, 0.3) is 0 Å². The summed E-state index contributed by atoms with van der Waals surface area (Å²) in [5, 5.41) is 8.90. The highest BCUT2D eigenvalue weighted by molar-refractivity contribution is 5.23. The van der Waals surface area contributed by atoms with Crippen LogP contribution in [0.4, 0.5) is 5.82 Å². The Morgan fingerprint density at radius 1 is 1.69 bits per heavy atom. The number of anilines is 1. The molecule has 0 bridgehead atoms. The molecule has 1 aliphatic rings. The third kappa shape index (κ3) is 2.07. The Labute approximate surface area is 92.7 Å². The second kappa shape index (κ2) is 4.63. The van der Waals surface area contributed by atoms with Crippen LogP contribution in [0.1, 0.15) is 18.9 Å². The molecule has 0 aromatic carbocycles. The molecule has 6 heteroatoms. The second-order valence-electron chi connectivity index (χ2n) is 3.82. The fraction of sp³-hybridized carbons (Fsp3) is 0.600. The molecule has 1 saturated heterocycles. The predicted molar refractivity (Wildman–Crippen MR) is 58.0 cm³/mol. The zero-order chi connectivity index (χ0) is 11.5. The fourth-order valence-corrected chi connectivity index (χ4v) is 2.04. The van der Waals surface area contributed by atoms with E-state index in [1.54, 1.807) is 12.3 Å². The molecule has 2 heterocycles. The van der Waals surface area contributed by atoms with Crippen molar-refractivity contribution in [3.8, 4) is 0 Å². The minimum atomic E-state index is -0.363. The van der Waals surface area contributed by atoms with Gasteiger partial charge in [-0.2, -0.15) is 4.98 Å². The van der Waals surface area contributed by atoms with Crippen LogP contribution >= 0.6 is 0 Å². The molecule has 88 valence electrons. The first kappa shape index (κ1) is 11.1. The molecule has 0 spiro atoms. The molecule has 3 N–H and O–H groups in total. The van der Waals surface area contributed by atoms with Crippen LogP contribution < -0.4 is 11.4 Å². The quantitative estimate of drug-likeness (QED) is 0.726. The summed E-state index contributed by atoms with van der Waals surface area (Å²) < 4.78 is 7.00. The van der Waals surface area contributed by atoms with Crippen LogP contribution in [0.15, 0.2) is 17.1 Å². The number of aromatic nitrogens is 2. The van der Waals surface area contributed by atoms with Gasteiger partial charge in [0, 0.05) is 19.4 Å². The summed E-state index contributed by atoms with van der Waals surface area (Å²) in [6.07, 6.45) is 2.81. The smallest absolute Gasteiger partial charge is 0.349 e. The van der Waals surface area contributed by atoms with Gasteiger partial charge in [-0.3, -0.25) is 4.57 Å². The summed E-state index contributed by atoms with van der Waals surface area (Å²) in [6, 6.07) is 1.54. The van der Waals surface area contributed by atoms with Gasteiger partial charge in [0.2, 0.25) is 0 Å². The van der Waals surface area contributed by atoms with Crippen molar-refractivity contribution in [3.63, 3.8) is 0 Å². The number of ether oxygens (including phenoxy) is 1. The molecule has 0 aliphatic carbocycles. The highest BCUT2D eigenvalue weighted by Gasteiger charge is 2.29. The zero-order valence-corrected chi connectivity index (χ0v) is 8.87. The molecule has 2 atom stereocenters. The van der Waals surface area contributed by atoms with Crippen LogP contribution in [-0.2, 0) is 4.74 Å². The maximum atomic E-state index is 11.6. The van der Waals surface area contributed by atoms with E-state index in [-0.39, 0.29) is 30.3 Å². The van der Waals surface area contributed by atoms with Gasteiger partial charge in [0.1, 0.15) is 5.82 Å². The average Bonchev–Trinajstić information content (AvgIpc) is 2.67. The lowest BCUT2D eigenvalue weighted by atomic mass is 10.1. The largest absolute Gasteiger partial charge is 0.396 e. The Balaban J connectivity index is 2.26. The summed E-state index contributed by atoms with van der Waals surface area (Å²) >= 11 is 0. The Bertz CT molecular complexity index is 418. The van der Waals surface area contributed by atoms with Crippen molar-refractivity contribution in [2.24, 2.45) is 0 Å². The van der Waals surface area contributed by atoms with Crippen molar-refractivity contribution in [3.05, 3.63) is 22.7 Å². The number of nitrogen functional groups attached to an aromatic ring is 1. The van der Waals surface area contributed by atoms with Gasteiger partial charge in [-0.1, -0.05) is 0 Å². The maximum Gasteiger partial charge on any atom is 0.349 e. The summed E-state index contributed by atoms with van der Waals surface area (Å²) in [6.45, 7) is 0.657. The van der Waals surface area contributed by atoms with Crippen LogP contribution in [0, 0.1) is 0 Å². The first-order valence-corrected chi connectivity index (χ1v) is 5.29. The first-order chi connectivity index (χ1) is 7.72. The van der Waals surface area contributed by atoms with Crippen LogP contribution in [0.25, 0.3) is 0 Å². The number of hydrogen-bond acceptors (Lipinski definition) is 5. The Kier molecular flexibility index (Phi) is 3.21. The van der Waals surface area contributed by atoms with Gasteiger partial charge < -0.3 is 15.6 Å². The van der Waals surface area contributed by atoms with Crippen molar-refractivity contribution in [2.45, 2.75) is 25.0 Å². The number of rotatable bonds is 3. The lowest BCUT2D eigenvalue weighted by Crippen LogP contribution is -2.31. The van der Waals surface area contributed by atoms with E-state index in [1.807, 2.05) is 0 Å². The lowest BCUT2D eigenvalue weighted by molar-refractivity contribution is 0.0684. The van der Waals surface area contributed by atoms with Gasteiger partial charge in [-0.15, -0.1) is 0 Å². The third-order valence-corrected chi connectivity index (χ3v) is 2.80. The van der Waals surface area contributed by atoms with Crippen molar-refractivity contribution in [1.29, 1.82) is 0 Å². The molecule has 1 aromatic heterocycles. The zero-order valence-electron chi connectivity index (χ0n) is 8.87. The molecule has 0 amide bonds. The van der Waals surface area contributed by atoms with E-state index in [0.717, 1.165) is 6.42 Å². The first-order valence-electron chi connectivity index (χ1n) is 5.29. The molecule has 6 nitrogen and oxygen atoms in total. The van der Waals surface area contributed by atoms with Gasteiger partial charge in [0.15, 0.2) is 0 Å². The van der Waals surface area contributed by atoms with E-state index in [4.69, 9.17) is 15.6 Å². The van der Waals surface area contributed by atoms with Crippen LogP contribution in [0.5, 0.6) is 0 Å². The molecule has 1 aliphatic heterocycles. The van der Waals surface area contributed by atoms with Crippen LogP contribution in [0.3, 0.4) is 0 Å². The summed E-state index contributed by atoms with van der Waals surface area (Å²) in [4.78, 5) is 15.3. The number of aliphatic hydroxyl groups excluding tert-OH is 1. The van der Waals surface area contributed by atoms with E-state index in [9.17, 15) is 4.79 Å². The van der Waals surface area contributed by atoms with Crippen LogP contribution in [-0.4, -0.2) is 34.0 Å². The Hall–Kier alpha value is -1.40. The fourth-order valence-electron chi connectivity index (χ4n) is 2.04. The Morgan fingerprint density at radius 3 is 3.19 bits per heavy atom. The predicted octanol–water partition coefficient (Wildman–Crippen LogP) is -0.462. The van der Waals surface area contributed by atoms with E-state index in [1.165, 1.54) is 4.57 Å². The molecule has 16 heavy (non-hydrogen) atoms. The molecule has 2 rings (SSSR count). The number of nitrogens with two attached hydrogens (primary N) is 1. The maximum absolute atomic E-state index is 11.6. The molecular weight excluding hydrogens is 210 g/mol. The van der Waals surface area contributed by atoms with Gasteiger partial charge >= 0.3 is 5.69 Å². The van der Waals surface area contributed by atoms with Gasteiger partial charge in [-0.05, 0) is 18.9 Å². The van der Waals surface area contributed by atoms with Gasteiger partial charge in [-0.25, -0.2) is 4.79 Å². The minimum Gasteiger partial charge on any atom is -0.396 e. The van der Waals surface area contributed by atoms with Crippen LogP contribution in [0.2, 0.25) is 0 Å². The van der Waals surface area contributed by atoms with E-state index in [0.29, 0.717) is 13.0 Å². The standard InChI is InChI=1S/C10H15N3O3/c11-9-1-4-13(10(15)12-9)7-3-6-16-8(7)2-5-14/h1,4,7-8,14H,2-3,5-6H2,(H2,11,12,15)/t7-,8+/m0/s1. The number of hydrogen-bond donors (Lipinski definition) is 2. The highest BCUT2D eigenvalue weighted by Crippen LogP contribution is 2.26. The van der Waals surface area contributed by atoms with Gasteiger partial charge in [0.05, 0.1) is 12.1 Å². The molecule has 0 unspecified atom stereocenters. The minimum absolute atomic E-state index is 0.0484. The van der Waals surface area contributed by atoms with Crippen molar-refractivity contribution in [1.82, 2.24) is 9.55 Å². The van der Waals surface area contributed by atoms with E-state index < -0.39 is 0 Å². The molecule has 0 saturated carbocycles. The van der Waals surface area contributed by atoms with E-state index >= 15 is 0 Å². The lowest BCUT2D eigenvalue weighted by Gasteiger charge is -2.19.